The third-order valence-electron chi connectivity index (χ3n) is 0.783. The maximum atomic E-state index is 10.4. The van der Waals surface area contributed by atoms with Crippen LogP contribution in [-0.2, 0) is 0 Å². The van der Waals surface area contributed by atoms with Crippen molar-refractivity contribution in [1.29, 1.82) is 0 Å². The SMILES string of the molecule is CBC(=O)NCNC. The van der Waals surface area contributed by atoms with E-state index in [2.05, 4.69) is 10.6 Å². The lowest BCUT2D eigenvalue weighted by Crippen LogP contribution is -2.33. The van der Waals surface area contributed by atoms with Gasteiger partial charge in [-0.05, 0) is 7.05 Å². The van der Waals surface area contributed by atoms with Crippen molar-refractivity contribution in [1.82, 2.24) is 10.6 Å². The van der Waals surface area contributed by atoms with Crippen molar-refractivity contribution >= 4 is 13.1 Å². The molecule has 0 aromatic carbocycles. The molecule has 0 bridgehead atoms. The summed E-state index contributed by atoms with van der Waals surface area (Å²) in [7, 11) is 2.34. The second kappa shape index (κ2) is 4.65. The molecular formula is C4H11BN2O. The van der Waals surface area contributed by atoms with Gasteiger partial charge in [-0.1, -0.05) is 6.82 Å². The van der Waals surface area contributed by atoms with Gasteiger partial charge in [-0.15, -0.1) is 0 Å². The first-order valence-corrected chi connectivity index (χ1v) is 2.72. The highest BCUT2D eigenvalue weighted by atomic mass is 16.1. The Bertz CT molecular complexity index is 76.4. The third-order valence-corrected chi connectivity index (χ3v) is 0.783. The van der Waals surface area contributed by atoms with E-state index in [1.165, 1.54) is 0 Å². The van der Waals surface area contributed by atoms with Gasteiger partial charge in [0, 0.05) is 0 Å². The van der Waals surface area contributed by atoms with Crippen molar-refractivity contribution in [3.63, 3.8) is 0 Å². The van der Waals surface area contributed by atoms with Gasteiger partial charge >= 0.3 is 0 Å². The predicted molar refractivity (Wildman–Crippen MR) is 35.5 cm³/mol. The van der Waals surface area contributed by atoms with E-state index in [0.717, 1.165) is 0 Å². The van der Waals surface area contributed by atoms with E-state index in [-0.39, 0.29) is 5.81 Å². The number of hydrogen-bond donors (Lipinski definition) is 2. The molecule has 0 heterocycles. The molecule has 0 aromatic heterocycles. The van der Waals surface area contributed by atoms with Crippen molar-refractivity contribution in [2.45, 2.75) is 6.82 Å². The Kier molecular flexibility index (Phi) is 4.36. The lowest BCUT2D eigenvalue weighted by Gasteiger charge is -1.98. The number of amides is 1. The van der Waals surface area contributed by atoms with Crippen LogP contribution in [0.5, 0.6) is 0 Å². The molecule has 2 N–H and O–H groups in total. The maximum absolute atomic E-state index is 10.4. The first-order valence-electron chi connectivity index (χ1n) is 2.72. The Morgan fingerprint density at radius 3 is 2.75 bits per heavy atom. The molecule has 1 amide bonds. The molecule has 46 valence electrons. The molecule has 0 fully saturated rings. The van der Waals surface area contributed by atoms with E-state index >= 15 is 0 Å². The summed E-state index contributed by atoms with van der Waals surface area (Å²) in [5, 5.41) is 5.43. The average molecular weight is 114 g/mol. The average Bonchev–Trinajstić information content (AvgIpc) is 1.83. The van der Waals surface area contributed by atoms with E-state index in [4.69, 9.17) is 0 Å². The van der Waals surface area contributed by atoms with Crippen molar-refractivity contribution < 1.29 is 4.79 Å². The van der Waals surface area contributed by atoms with Crippen LogP contribution in [0.3, 0.4) is 0 Å². The van der Waals surface area contributed by atoms with Gasteiger partial charge in [0.1, 0.15) is 0 Å². The van der Waals surface area contributed by atoms with Crippen LogP contribution in [-0.4, -0.2) is 26.8 Å². The van der Waals surface area contributed by atoms with Crippen LogP contribution >= 0.6 is 0 Å². The lowest BCUT2D eigenvalue weighted by molar-refractivity contribution is 0.258. The molecule has 0 saturated carbocycles. The summed E-state index contributed by atoms with van der Waals surface area (Å²) in [6.07, 6.45) is 0. The summed E-state index contributed by atoms with van der Waals surface area (Å²) in [6.45, 7) is 2.39. The highest BCUT2D eigenvalue weighted by Crippen LogP contribution is 1.61. The fourth-order valence-electron chi connectivity index (χ4n) is 0.312. The van der Waals surface area contributed by atoms with Crippen LogP contribution in [0.15, 0.2) is 0 Å². The van der Waals surface area contributed by atoms with E-state index in [9.17, 15) is 4.79 Å². The minimum Gasteiger partial charge on any atom is -0.353 e. The van der Waals surface area contributed by atoms with E-state index in [1.807, 2.05) is 6.82 Å². The highest BCUT2D eigenvalue weighted by Gasteiger charge is 1.92. The third kappa shape index (κ3) is 3.68. The molecule has 0 aliphatic rings. The number of hydrogen-bond acceptors (Lipinski definition) is 2. The standard InChI is InChI=1S/C4H11BN2O/c1-5-4(8)7-3-6-2/h5-6H,3H2,1-2H3,(H,7,8). The molecule has 0 spiro atoms. The minimum atomic E-state index is 0.0827. The Labute approximate surface area is 50.1 Å². The summed E-state index contributed by atoms with van der Waals surface area (Å²) < 4.78 is 0. The van der Waals surface area contributed by atoms with Gasteiger partial charge in [0.25, 0.3) is 0 Å². The van der Waals surface area contributed by atoms with Crippen LogP contribution in [0.1, 0.15) is 0 Å². The number of rotatable bonds is 3. The van der Waals surface area contributed by atoms with Gasteiger partial charge in [0.05, 0.1) is 6.67 Å². The molecule has 0 radical (unpaired) electrons. The van der Waals surface area contributed by atoms with Gasteiger partial charge in [-0.25, -0.2) is 0 Å². The van der Waals surface area contributed by atoms with E-state index in [1.54, 1.807) is 7.05 Å². The van der Waals surface area contributed by atoms with Crippen LogP contribution in [0.4, 0.5) is 4.79 Å². The summed E-state index contributed by atoms with van der Waals surface area (Å²) in [6, 6.07) is 0. The van der Waals surface area contributed by atoms with Crippen molar-refractivity contribution in [3.8, 4) is 0 Å². The highest BCUT2D eigenvalue weighted by molar-refractivity contribution is 6.72. The number of carbonyl (C=O) groups is 1. The lowest BCUT2D eigenvalue weighted by atomic mass is 9.81. The smallest absolute Gasteiger partial charge is 0.230 e. The Morgan fingerprint density at radius 2 is 2.38 bits per heavy atom. The summed E-state index contributed by atoms with van der Waals surface area (Å²) in [5.41, 5.74) is 0. The normalized spacial score (nSPS) is 8.25. The zero-order valence-electron chi connectivity index (χ0n) is 5.32. The first-order chi connectivity index (χ1) is 3.81. The van der Waals surface area contributed by atoms with Gasteiger partial charge < -0.3 is 10.6 Å². The van der Waals surface area contributed by atoms with E-state index in [0.29, 0.717) is 13.9 Å². The summed E-state index contributed by atoms with van der Waals surface area (Å²) in [5.74, 6) is 0.0827. The van der Waals surface area contributed by atoms with Crippen molar-refractivity contribution in [2.75, 3.05) is 13.7 Å². The van der Waals surface area contributed by atoms with Crippen LogP contribution < -0.4 is 10.6 Å². The second-order valence-corrected chi connectivity index (χ2v) is 1.48. The van der Waals surface area contributed by atoms with Gasteiger partial charge in [0.15, 0.2) is 5.81 Å². The van der Waals surface area contributed by atoms with Crippen molar-refractivity contribution in [3.05, 3.63) is 0 Å². The number of nitrogens with one attached hydrogen (secondary N) is 2. The van der Waals surface area contributed by atoms with Crippen LogP contribution in [0.2, 0.25) is 6.82 Å². The largest absolute Gasteiger partial charge is 0.353 e. The number of carbonyl (C=O) groups excluding carboxylic acids is 1. The molecule has 0 aromatic rings. The molecule has 0 atom stereocenters. The Morgan fingerprint density at radius 1 is 1.75 bits per heavy atom. The Hall–Kier alpha value is -0.505. The summed E-state index contributed by atoms with van der Waals surface area (Å²) >= 11 is 0. The molecule has 0 saturated heterocycles. The monoisotopic (exact) mass is 114 g/mol. The summed E-state index contributed by atoms with van der Waals surface area (Å²) in [4.78, 5) is 10.4. The molecule has 0 aliphatic carbocycles. The Balaban J connectivity index is 2.99. The fourth-order valence-corrected chi connectivity index (χ4v) is 0.312. The molecule has 0 unspecified atom stereocenters. The molecular weight excluding hydrogens is 103 g/mol. The van der Waals surface area contributed by atoms with Crippen LogP contribution in [0.25, 0.3) is 0 Å². The molecule has 8 heavy (non-hydrogen) atoms. The fraction of sp³-hybridized carbons (Fsp3) is 0.750. The zero-order chi connectivity index (χ0) is 6.41. The predicted octanol–water partition coefficient (Wildman–Crippen LogP) is -0.643. The van der Waals surface area contributed by atoms with Crippen molar-refractivity contribution in [2.24, 2.45) is 0 Å². The first kappa shape index (κ1) is 7.49. The molecule has 0 aliphatic heterocycles. The topological polar surface area (TPSA) is 41.1 Å². The minimum absolute atomic E-state index is 0.0827. The quantitative estimate of drug-likeness (QED) is 0.378. The molecule has 3 nitrogen and oxygen atoms in total. The zero-order valence-corrected chi connectivity index (χ0v) is 5.32. The molecule has 0 rings (SSSR count). The van der Waals surface area contributed by atoms with Crippen LogP contribution in [0, 0.1) is 0 Å². The maximum Gasteiger partial charge on any atom is 0.230 e. The van der Waals surface area contributed by atoms with Gasteiger partial charge in [0.2, 0.25) is 7.28 Å². The molecule has 4 heteroatoms. The van der Waals surface area contributed by atoms with Gasteiger partial charge in [-0.2, -0.15) is 0 Å². The van der Waals surface area contributed by atoms with Gasteiger partial charge in [-0.3, -0.25) is 4.79 Å². The second-order valence-electron chi connectivity index (χ2n) is 1.48. The van der Waals surface area contributed by atoms with E-state index < -0.39 is 0 Å².